The molecule has 2 heteroatoms. The highest BCUT2D eigenvalue weighted by Crippen LogP contribution is 2.12. The van der Waals surface area contributed by atoms with Crippen LogP contribution >= 0.6 is 0 Å². The topological polar surface area (TPSA) is 8.81 Å². The molecule has 0 unspecified atom stereocenters. The molecule has 0 N–H and O–H groups in total. The molecule has 1 aromatic heterocycles. The normalized spacial score (nSPS) is 11.4. The Morgan fingerprint density at radius 2 is 1.15 bits per heavy atom. The predicted molar refractivity (Wildman–Crippen MR) is 119 cm³/mol. The highest BCUT2D eigenvalue weighted by atomic mass is 15.1. The summed E-state index contributed by atoms with van der Waals surface area (Å²) in [6.07, 6.45) is 28.2. The Morgan fingerprint density at radius 1 is 0.630 bits per heavy atom. The summed E-state index contributed by atoms with van der Waals surface area (Å²) < 4.78 is 5.06. The van der Waals surface area contributed by atoms with Crippen LogP contribution < -0.4 is 4.57 Å². The van der Waals surface area contributed by atoms with Crippen LogP contribution in [0.15, 0.2) is 12.4 Å². The molecule has 0 aromatic carbocycles. The number of hydrogen-bond acceptors (Lipinski definition) is 0. The summed E-state index contributed by atoms with van der Waals surface area (Å²) in [5.41, 5.74) is 0. The lowest BCUT2D eigenvalue weighted by Gasteiger charge is -2.06. The molecule has 1 aromatic rings. The van der Waals surface area contributed by atoms with E-state index in [1.54, 1.807) is 5.82 Å². The second-order valence-electron chi connectivity index (χ2n) is 8.45. The fourth-order valence-corrected chi connectivity index (χ4v) is 4.09. The van der Waals surface area contributed by atoms with E-state index >= 15 is 0 Å². The van der Waals surface area contributed by atoms with E-state index in [9.17, 15) is 0 Å². The SMILES string of the molecule is CCCCCCCCCCCCc1n(CCC)cc[n+]1CCCCCCC. The third kappa shape index (κ3) is 11.6. The summed E-state index contributed by atoms with van der Waals surface area (Å²) in [6, 6.07) is 0. The van der Waals surface area contributed by atoms with E-state index in [1.807, 2.05) is 0 Å². The molecule has 0 aliphatic rings. The summed E-state index contributed by atoms with van der Waals surface area (Å²) in [5.74, 6) is 1.58. The highest BCUT2D eigenvalue weighted by molar-refractivity contribution is 4.84. The van der Waals surface area contributed by atoms with Crippen LogP contribution in [0.4, 0.5) is 0 Å². The van der Waals surface area contributed by atoms with Crippen molar-refractivity contribution in [1.29, 1.82) is 0 Å². The standard InChI is InChI=1S/C25H49N2/c1-4-7-9-11-12-13-14-15-16-18-20-25-26(21-6-3)23-24-27(25)22-19-17-10-8-5-2/h23-24H,4-22H2,1-3H3/q+1. The minimum absolute atomic E-state index is 1.18. The first-order valence-electron chi connectivity index (χ1n) is 12.4. The van der Waals surface area contributed by atoms with Crippen LogP contribution in [0.2, 0.25) is 0 Å². The van der Waals surface area contributed by atoms with Crippen LogP contribution in [-0.2, 0) is 19.5 Å². The fraction of sp³-hybridized carbons (Fsp3) is 0.880. The third-order valence-corrected chi connectivity index (χ3v) is 5.81. The Bertz CT molecular complexity index is 436. The van der Waals surface area contributed by atoms with Crippen LogP contribution in [0.25, 0.3) is 0 Å². The molecule has 1 rings (SSSR count). The van der Waals surface area contributed by atoms with Gasteiger partial charge < -0.3 is 0 Å². The van der Waals surface area contributed by atoms with Crippen molar-refractivity contribution >= 4 is 0 Å². The van der Waals surface area contributed by atoms with Crippen LogP contribution in [0.5, 0.6) is 0 Å². The van der Waals surface area contributed by atoms with Crippen LogP contribution in [0.1, 0.15) is 129 Å². The molecule has 0 spiro atoms. The smallest absolute Gasteiger partial charge is 0.234 e. The number of unbranched alkanes of at least 4 members (excludes halogenated alkanes) is 13. The molecule has 27 heavy (non-hydrogen) atoms. The Balaban J connectivity index is 2.23. The van der Waals surface area contributed by atoms with E-state index in [0.29, 0.717) is 0 Å². The van der Waals surface area contributed by atoms with Crippen LogP contribution in [0, 0.1) is 0 Å². The summed E-state index contributed by atoms with van der Waals surface area (Å²) in [6.45, 7) is 9.28. The van der Waals surface area contributed by atoms with Crippen molar-refractivity contribution in [2.75, 3.05) is 0 Å². The summed E-state index contributed by atoms with van der Waals surface area (Å²) >= 11 is 0. The van der Waals surface area contributed by atoms with Gasteiger partial charge in [0.1, 0.15) is 12.4 Å². The average molecular weight is 378 g/mol. The maximum absolute atomic E-state index is 2.55. The number of hydrogen-bond donors (Lipinski definition) is 0. The fourth-order valence-electron chi connectivity index (χ4n) is 4.09. The van der Waals surface area contributed by atoms with Gasteiger partial charge in [-0.2, -0.15) is 0 Å². The summed E-state index contributed by atoms with van der Waals surface area (Å²) in [7, 11) is 0. The molecule has 2 nitrogen and oxygen atoms in total. The molecule has 0 fully saturated rings. The van der Waals surface area contributed by atoms with Gasteiger partial charge in [-0.15, -0.1) is 0 Å². The lowest BCUT2D eigenvalue weighted by atomic mass is 10.1. The van der Waals surface area contributed by atoms with E-state index in [1.165, 1.54) is 122 Å². The molecule has 0 aliphatic heterocycles. The molecule has 0 amide bonds. The van der Waals surface area contributed by atoms with Gasteiger partial charge in [0.05, 0.1) is 13.1 Å². The van der Waals surface area contributed by atoms with Crippen molar-refractivity contribution in [3.8, 4) is 0 Å². The summed E-state index contributed by atoms with van der Waals surface area (Å²) in [4.78, 5) is 0. The molecular weight excluding hydrogens is 328 g/mol. The average Bonchev–Trinajstić information content (AvgIpc) is 3.05. The van der Waals surface area contributed by atoms with Gasteiger partial charge in [-0.1, -0.05) is 97.8 Å². The minimum Gasteiger partial charge on any atom is -0.234 e. The van der Waals surface area contributed by atoms with Gasteiger partial charge in [0.2, 0.25) is 0 Å². The van der Waals surface area contributed by atoms with E-state index < -0.39 is 0 Å². The van der Waals surface area contributed by atoms with Crippen molar-refractivity contribution in [3.05, 3.63) is 18.2 Å². The van der Waals surface area contributed by atoms with E-state index in [-0.39, 0.29) is 0 Å². The van der Waals surface area contributed by atoms with Gasteiger partial charge in [-0.25, -0.2) is 9.13 Å². The van der Waals surface area contributed by atoms with Crippen molar-refractivity contribution in [2.24, 2.45) is 0 Å². The van der Waals surface area contributed by atoms with E-state index in [0.717, 1.165) is 0 Å². The quantitative estimate of drug-likeness (QED) is 0.173. The Labute approximate surface area is 170 Å². The Kier molecular flexibility index (Phi) is 15.6. The first-order valence-corrected chi connectivity index (χ1v) is 12.4. The lowest BCUT2D eigenvalue weighted by molar-refractivity contribution is -0.704. The molecule has 1 heterocycles. The zero-order valence-corrected chi connectivity index (χ0v) is 19.0. The first kappa shape index (κ1) is 24.2. The molecule has 0 saturated carbocycles. The third-order valence-electron chi connectivity index (χ3n) is 5.81. The van der Waals surface area contributed by atoms with Gasteiger partial charge >= 0.3 is 0 Å². The molecule has 0 aliphatic carbocycles. The van der Waals surface area contributed by atoms with Gasteiger partial charge in [-0.05, 0) is 25.7 Å². The largest absolute Gasteiger partial charge is 0.256 e. The lowest BCUT2D eigenvalue weighted by Crippen LogP contribution is -2.37. The summed E-state index contributed by atoms with van der Waals surface area (Å²) in [5, 5.41) is 0. The molecule has 0 saturated heterocycles. The van der Waals surface area contributed by atoms with Crippen molar-refractivity contribution in [2.45, 2.75) is 143 Å². The minimum atomic E-state index is 1.18. The number of imidazole rings is 1. The Morgan fingerprint density at radius 3 is 1.70 bits per heavy atom. The molecule has 0 bridgehead atoms. The van der Waals surface area contributed by atoms with Crippen molar-refractivity contribution < 1.29 is 4.57 Å². The molecule has 0 radical (unpaired) electrons. The van der Waals surface area contributed by atoms with Crippen LogP contribution in [0.3, 0.4) is 0 Å². The maximum atomic E-state index is 2.55. The van der Waals surface area contributed by atoms with E-state index in [2.05, 4.69) is 42.3 Å². The van der Waals surface area contributed by atoms with Gasteiger partial charge in [-0.3, -0.25) is 0 Å². The second-order valence-corrected chi connectivity index (χ2v) is 8.45. The number of aromatic nitrogens is 2. The maximum Gasteiger partial charge on any atom is 0.256 e. The van der Waals surface area contributed by atoms with Gasteiger partial charge in [0.25, 0.3) is 5.82 Å². The number of aryl methyl sites for hydroxylation is 2. The molecule has 158 valence electrons. The highest BCUT2D eigenvalue weighted by Gasteiger charge is 2.15. The number of nitrogens with zero attached hydrogens (tertiary/aromatic N) is 2. The molecular formula is C25H49N2+. The van der Waals surface area contributed by atoms with Crippen molar-refractivity contribution in [3.63, 3.8) is 0 Å². The monoisotopic (exact) mass is 377 g/mol. The van der Waals surface area contributed by atoms with Crippen LogP contribution in [-0.4, -0.2) is 4.57 Å². The second kappa shape index (κ2) is 17.3. The zero-order chi connectivity index (χ0) is 19.6. The van der Waals surface area contributed by atoms with Gasteiger partial charge in [0.15, 0.2) is 0 Å². The number of rotatable bonds is 19. The molecule has 0 atom stereocenters. The van der Waals surface area contributed by atoms with E-state index in [4.69, 9.17) is 0 Å². The first-order chi connectivity index (χ1) is 13.3. The predicted octanol–water partition coefficient (Wildman–Crippen LogP) is 7.62. The Hall–Kier alpha value is -0.790. The van der Waals surface area contributed by atoms with Gasteiger partial charge in [0, 0.05) is 6.42 Å². The zero-order valence-electron chi connectivity index (χ0n) is 19.0. The van der Waals surface area contributed by atoms with Crippen molar-refractivity contribution in [1.82, 2.24) is 4.57 Å².